The topological polar surface area (TPSA) is 77.4 Å². The van der Waals surface area contributed by atoms with Crippen molar-refractivity contribution in [3.05, 3.63) is 93.8 Å². The summed E-state index contributed by atoms with van der Waals surface area (Å²) < 4.78 is 6.28. The van der Waals surface area contributed by atoms with Gasteiger partial charge in [-0.3, -0.25) is 14.4 Å². The maximum Gasteiger partial charge on any atom is 0.309 e. The molecular weight excluding hydrogens is 404 g/mol. The molecule has 3 aromatic carbocycles. The number of carbonyl (C=O) groups is 2. The van der Waals surface area contributed by atoms with Crippen LogP contribution in [0.25, 0.3) is 22.0 Å². The van der Waals surface area contributed by atoms with E-state index < -0.39 is 0 Å². The highest BCUT2D eigenvalue weighted by atomic mass is 16.5. The predicted molar refractivity (Wildman–Crippen MR) is 124 cm³/mol. The van der Waals surface area contributed by atoms with Gasteiger partial charge in [-0.25, -0.2) is 0 Å². The highest BCUT2D eigenvalue weighted by molar-refractivity contribution is 6.28. The first-order chi connectivity index (χ1) is 15.5. The minimum Gasteiger partial charge on any atom is -0.469 e. The quantitative estimate of drug-likeness (QED) is 0.438. The molecule has 32 heavy (non-hydrogen) atoms. The van der Waals surface area contributed by atoms with Gasteiger partial charge in [0.05, 0.1) is 30.3 Å². The molecule has 1 N–H and O–H groups in total. The van der Waals surface area contributed by atoms with Gasteiger partial charge >= 0.3 is 5.97 Å². The van der Waals surface area contributed by atoms with Gasteiger partial charge in [-0.05, 0) is 41.0 Å². The first-order valence-corrected chi connectivity index (χ1v) is 10.2. The number of aromatic nitrogens is 1. The van der Waals surface area contributed by atoms with Crippen LogP contribution in [0.4, 0.5) is 11.4 Å². The van der Waals surface area contributed by atoms with E-state index in [-0.39, 0.29) is 23.7 Å². The summed E-state index contributed by atoms with van der Waals surface area (Å²) in [6, 6.07) is 20.1. The zero-order valence-corrected chi connectivity index (χ0v) is 17.6. The molecule has 0 saturated carbocycles. The molecule has 0 amide bonds. The van der Waals surface area contributed by atoms with Crippen LogP contribution in [0.3, 0.4) is 0 Å². The van der Waals surface area contributed by atoms with Gasteiger partial charge in [0.2, 0.25) is 0 Å². The second-order valence-electron chi connectivity index (χ2n) is 7.79. The van der Waals surface area contributed by atoms with E-state index in [1.807, 2.05) is 54.6 Å². The summed E-state index contributed by atoms with van der Waals surface area (Å²) in [5.41, 5.74) is 5.55. The van der Waals surface area contributed by atoms with Gasteiger partial charge in [-0.1, -0.05) is 36.4 Å². The van der Waals surface area contributed by atoms with Crippen molar-refractivity contribution in [1.29, 1.82) is 0 Å². The van der Waals surface area contributed by atoms with Crippen molar-refractivity contribution in [2.75, 3.05) is 12.4 Å². The van der Waals surface area contributed by atoms with Crippen LogP contribution in [-0.2, 0) is 23.0 Å². The standard InChI is InChI=1S/C26H20N2O4/c1-28-21-12-11-20(27-16-9-7-15(8-10-16)13-23(30)32-2)25-24(21)19(14-22(28)29)17-5-3-4-6-18(17)26(25)31/h3-12,14,27H,13H2,1-2H3. The number of hydrogen-bond donors (Lipinski definition) is 1. The summed E-state index contributed by atoms with van der Waals surface area (Å²) in [6.45, 7) is 0. The highest BCUT2D eigenvalue weighted by Gasteiger charge is 2.28. The van der Waals surface area contributed by atoms with Crippen LogP contribution in [0.1, 0.15) is 21.5 Å². The van der Waals surface area contributed by atoms with Gasteiger partial charge in [0.1, 0.15) is 0 Å². The third kappa shape index (κ3) is 3.08. The monoisotopic (exact) mass is 424 g/mol. The SMILES string of the molecule is COC(=O)Cc1ccc(Nc2ccc3c4c(cc(=O)n3C)-c3ccccc3C(=O)c24)cc1. The van der Waals surface area contributed by atoms with Gasteiger partial charge in [0.15, 0.2) is 5.78 Å². The molecule has 0 spiro atoms. The number of ether oxygens (including phenoxy) is 1. The Kier molecular flexibility index (Phi) is 4.63. The maximum atomic E-state index is 13.5. The fourth-order valence-electron chi connectivity index (χ4n) is 4.26. The summed E-state index contributed by atoms with van der Waals surface area (Å²) in [5, 5.41) is 4.11. The fourth-order valence-corrected chi connectivity index (χ4v) is 4.26. The Morgan fingerprint density at radius 3 is 2.38 bits per heavy atom. The third-order valence-electron chi connectivity index (χ3n) is 5.91. The number of rotatable bonds is 4. The third-order valence-corrected chi connectivity index (χ3v) is 5.91. The number of benzene rings is 3. The van der Waals surface area contributed by atoms with Gasteiger partial charge < -0.3 is 14.6 Å². The predicted octanol–water partition coefficient (Wildman–Crippen LogP) is 4.21. The van der Waals surface area contributed by atoms with Crippen LogP contribution >= 0.6 is 0 Å². The Morgan fingerprint density at radius 2 is 1.66 bits per heavy atom. The molecule has 1 heterocycles. The molecule has 0 unspecified atom stereocenters. The van der Waals surface area contributed by atoms with Gasteiger partial charge in [0.25, 0.3) is 5.56 Å². The molecule has 0 atom stereocenters. The molecule has 0 aliphatic heterocycles. The normalized spacial score (nSPS) is 11.9. The maximum absolute atomic E-state index is 13.5. The zero-order chi connectivity index (χ0) is 22.4. The van der Waals surface area contributed by atoms with Crippen molar-refractivity contribution in [1.82, 2.24) is 4.57 Å². The van der Waals surface area contributed by atoms with E-state index in [1.54, 1.807) is 23.7 Å². The Bertz CT molecular complexity index is 1470. The number of fused-ring (bicyclic) bond motifs is 2. The summed E-state index contributed by atoms with van der Waals surface area (Å²) in [5.74, 6) is -0.380. The molecule has 0 saturated heterocycles. The summed E-state index contributed by atoms with van der Waals surface area (Å²) in [7, 11) is 3.08. The summed E-state index contributed by atoms with van der Waals surface area (Å²) in [6.07, 6.45) is 0.199. The van der Waals surface area contributed by atoms with E-state index in [1.165, 1.54) is 7.11 Å². The number of pyridine rings is 1. The first-order valence-electron chi connectivity index (χ1n) is 10.2. The number of nitrogens with zero attached hydrogens (tertiary/aromatic N) is 1. The molecule has 0 radical (unpaired) electrons. The summed E-state index contributed by atoms with van der Waals surface area (Å²) >= 11 is 0. The average Bonchev–Trinajstić information content (AvgIpc) is 2.81. The van der Waals surface area contributed by atoms with Crippen LogP contribution in [0.5, 0.6) is 0 Å². The van der Waals surface area contributed by atoms with Crippen LogP contribution in [-0.4, -0.2) is 23.4 Å². The van der Waals surface area contributed by atoms with Crippen molar-refractivity contribution < 1.29 is 14.3 Å². The van der Waals surface area contributed by atoms with Crippen molar-refractivity contribution in [3.8, 4) is 11.1 Å². The lowest BCUT2D eigenvalue weighted by Gasteiger charge is -2.23. The number of esters is 1. The van der Waals surface area contributed by atoms with Crippen LogP contribution in [0, 0.1) is 0 Å². The lowest BCUT2D eigenvalue weighted by atomic mass is 9.83. The van der Waals surface area contributed by atoms with E-state index in [0.717, 1.165) is 27.8 Å². The lowest BCUT2D eigenvalue weighted by molar-refractivity contribution is -0.139. The van der Waals surface area contributed by atoms with Gasteiger partial charge in [-0.15, -0.1) is 0 Å². The molecule has 4 aromatic rings. The second-order valence-corrected chi connectivity index (χ2v) is 7.79. The molecule has 0 bridgehead atoms. The largest absolute Gasteiger partial charge is 0.469 e. The Labute approximate surface area is 184 Å². The molecule has 1 aliphatic carbocycles. The number of aryl methyl sites for hydroxylation is 1. The van der Waals surface area contributed by atoms with E-state index in [9.17, 15) is 14.4 Å². The van der Waals surface area contributed by atoms with Crippen molar-refractivity contribution >= 4 is 34.0 Å². The minimum atomic E-state index is -0.299. The van der Waals surface area contributed by atoms with Crippen molar-refractivity contribution in [3.63, 3.8) is 0 Å². The fraction of sp³-hybridized carbons (Fsp3) is 0.115. The molecule has 6 nitrogen and oxygen atoms in total. The minimum absolute atomic E-state index is 0.0813. The summed E-state index contributed by atoms with van der Waals surface area (Å²) in [4.78, 5) is 37.6. The highest BCUT2D eigenvalue weighted by Crippen LogP contribution is 2.41. The smallest absolute Gasteiger partial charge is 0.309 e. The Morgan fingerprint density at radius 1 is 0.938 bits per heavy atom. The zero-order valence-electron chi connectivity index (χ0n) is 17.6. The number of nitrogens with one attached hydrogen (secondary N) is 1. The molecule has 5 rings (SSSR count). The van der Waals surface area contributed by atoms with Gasteiger partial charge in [0, 0.05) is 29.8 Å². The number of methoxy groups -OCH3 is 1. The number of carbonyl (C=O) groups excluding carboxylic acids is 2. The van der Waals surface area contributed by atoms with Crippen molar-refractivity contribution in [2.45, 2.75) is 6.42 Å². The van der Waals surface area contributed by atoms with Crippen LogP contribution in [0.2, 0.25) is 0 Å². The Balaban J connectivity index is 1.65. The lowest BCUT2D eigenvalue weighted by Crippen LogP contribution is -2.21. The van der Waals surface area contributed by atoms with Gasteiger partial charge in [-0.2, -0.15) is 0 Å². The molecular formula is C26H20N2O4. The molecule has 6 heteroatoms. The second kappa shape index (κ2) is 7.50. The Hall–Kier alpha value is -4.19. The van der Waals surface area contributed by atoms with Crippen LogP contribution < -0.4 is 10.9 Å². The molecule has 1 aromatic heterocycles. The molecule has 158 valence electrons. The van der Waals surface area contributed by atoms with Crippen LogP contribution in [0.15, 0.2) is 71.5 Å². The molecule has 1 aliphatic rings. The first kappa shape index (κ1) is 19.8. The van der Waals surface area contributed by atoms with Crippen molar-refractivity contribution in [2.24, 2.45) is 7.05 Å². The average molecular weight is 424 g/mol. The van der Waals surface area contributed by atoms with E-state index in [4.69, 9.17) is 4.74 Å². The number of ketones is 1. The molecule has 0 fully saturated rings. The van der Waals surface area contributed by atoms with E-state index >= 15 is 0 Å². The van der Waals surface area contributed by atoms with E-state index in [0.29, 0.717) is 22.3 Å². The number of hydrogen-bond acceptors (Lipinski definition) is 5. The van der Waals surface area contributed by atoms with E-state index in [2.05, 4.69) is 5.32 Å². The number of anilines is 2.